The lowest BCUT2D eigenvalue weighted by molar-refractivity contribution is -0.118. The number of halogens is 2. The number of rotatable bonds is 6. The molecule has 9 heteroatoms. The molecule has 2 heterocycles. The van der Waals surface area contributed by atoms with E-state index in [0.29, 0.717) is 33.9 Å². The van der Waals surface area contributed by atoms with Gasteiger partial charge in [0.25, 0.3) is 5.76 Å². The number of amidine groups is 1. The van der Waals surface area contributed by atoms with E-state index in [4.69, 9.17) is 0 Å². The fraction of sp³-hybridized carbons (Fsp3) is 0.176. The van der Waals surface area contributed by atoms with Gasteiger partial charge in [-0.1, -0.05) is 41.7 Å². The molecule has 1 aromatic carbocycles. The van der Waals surface area contributed by atoms with Gasteiger partial charge in [0.05, 0.1) is 17.2 Å². The Labute approximate surface area is 157 Å². The quantitative estimate of drug-likeness (QED) is 0.464. The first-order valence-electron chi connectivity index (χ1n) is 7.63. The van der Waals surface area contributed by atoms with Crippen LogP contribution in [0.4, 0.5) is 8.78 Å². The van der Waals surface area contributed by atoms with E-state index in [2.05, 4.69) is 20.5 Å². The lowest BCUT2D eigenvalue weighted by Gasteiger charge is -2.06. The Balaban J connectivity index is 1.57. The number of hydrogen-bond acceptors (Lipinski definition) is 6. The molecule has 0 aliphatic carbocycles. The van der Waals surface area contributed by atoms with Crippen molar-refractivity contribution in [3.8, 4) is 0 Å². The zero-order chi connectivity index (χ0) is 18.4. The zero-order valence-electron chi connectivity index (χ0n) is 13.4. The molecule has 1 aliphatic rings. The van der Waals surface area contributed by atoms with Crippen LogP contribution in [0.1, 0.15) is 11.3 Å². The predicted octanol–water partition coefficient (Wildman–Crippen LogP) is 3.56. The lowest BCUT2D eigenvalue weighted by Crippen LogP contribution is -2.25. The van der Waals surface area contributed by atoms with Gasteiger partial charge in [-0.2, -0.15) is 13.9 Å². The number of pyridine rings is 1. The van der Waals surface area contributed by atoms with Crippen LogP contribution in [-0.2, 0) is 11.2 Å². The topological polar surface area (TPSA) is 66.7 Å². The Hall–Kier alpha value is -2.26. The Morgan fingerprint density at radius 1 is 1.27 bits per heavy atom. The number of amides is 1. The number of nitrogens with one attached hydrogen (secondary N) is 1. The second kappa shape index (κ2) is 8.91. The third kappa shape index (κ3) is 5.37. The van der Waals surface area contributed by atoms with E-state index in [1.807, 2.05) is 6.07 Å². The van der Waals surface area contributed by atoms with Crippen molar-refractivity contribution in [2.75, 3.05) is 0 Å². The fourth-order valence-corrected chi connectivity index (χ4v) is 3.66. The number of thioether (sulfide) groups is 2. The average molecular weight is 392 g/mol. The summed E-state index contributed by atoms with van der Waals surface area (Å²) in [7, 11) is 0. The van der Waals surface area contributed by atoms with Crippen molar-refractivity contribution in [2.24, 2.45) is 10.2 Å². The summed E-state index contributed by atoms with van der Waals surface area (Å²) in [5, 5.41) is 10.7. The van der Waals surface area contributed by atoms with Gasteiger partial charge in [0.1, 0.15) is 0 Å². The summed E-state index contributed by atoms with van der Waals surface area (Å²) >= 11 is 1.79. The summed E-state index contributed by atoms with van der Waals surface area (Å²) < 4.78 is 24.7. The molecule has 3 rings (SSSR count). The molecule has 1 atom stereocenters. The molecule has 0 bridgehead atoms. The fourth-order valence-electron chi connectivity index (χ4n) is 2.20. The highest BCUT2D eigenvalue weighted by Gasteiger charge is 2.30. The van der Waals surface area contributed by atoms with Crippen molar-refractivity contribution < 1.29 is 13.6 Å². The van der Waals surface area contributed by atoms with E-state index in [0.717, 1.165) is 5.56 Å². The molecule has 1 amide bonds. The van der Waals surface area contributed by atoms with Crippen LogP contribution in [-0.4, -0.2) is 33.3 Å². The minimum absolute atomic E-state index is 0.146. The molecule has 1 aliphatic heterocycles. The number of hydrogen-bond donors (Lipinski definition) is 1. The standard InChI is InChI=1S/C17H14F2N4OS2/c18-16(19)25-13-6-4-11(5-7-13)9-14-15(24)22-17(26-14)23-21-10-12-3-1-2-8-20-12/h1-8,10,14,16H,9H2,(H,22,23,24). The van der Waals surface area contributed by atoms with Gasteiger partial charge in [0.15, 0.2) is 5.17 Å². The van der Waals surface area contributed by atoms with Crippen LogP contribution in [0.3, 0.4) is 0 Å². The number of nitrogens with zero attached hydrogens (tertiary/aromatic N) is 3. The third-order valence-electron chi connectivity index (χ3n) is 3.37. The van der Waals surface area contributed by atoms with E-state index >= 15 is 0 Å². The predicted molar refractivity (Wildman–Crippen MR) is 101 cm³/mol. The normalized spacial score (nSPS) is 18.8. The highest BCUT2D eigenvalue weighted by Crippen LogP contribution is 2.27. The van der Waals surface area contributed by atoms with Gasteiger partial charge in [-0.15, -0.1) is 5.10 Å². The molecule has 2 aromatic rings. The van der Waals surface area contributed by atoms with Crippen molar-refractivity contribution in [1.29, 1.82) is 0 Å². The first kappa shape index (κ1) is 18.5. The summed E-state index contributed by atoms with van der Waals surface area (Å²) in [6, 6.07) is 12.2. The summed E-state index contributed by atoms with van der Waals surface area (Å²) in [5.41, 5.74) is 1.57. The number of carbonyl (C=O) groups is 1. The molecule has 1 saturated heterocycles. The summed E-state index contributed by atoms with van der Waals surface area (Å²) in [6.07, 6.45) is 3.65. The van der Waals surface area contributed by atoms with Crippen molar-refractivity contribution >= 4 is 40.8 Å². The van der Waals surface area contributed by atoms with E-state index < -0.39 is 5.76 Å². The number of alkyl halides is 2. The van der Waals surface area contributed by atoms with E-state index in [1.54, 1.807) is 42.6 Å². The van der Waals surface area contributed by atoms with Crippen LogP contribution in [0.25, 0.3) is 0 Å². The summed E-state index contributed by atoms with van der Waals surface area (Å²) in [4.78, 5) is 16.6. The largest absolute Gasteiger partial charge is 0.303 e. The molecule has 134 valence electrons. The highest BCUT2D eigenvalue weighted by atomic mass is 32.2. The molecular weight excluding hydrogens is 378 g/mol. The molecule has 0 spiro atoms. The maximum absolute atomic E-state index is 12.3. The Bertz CT molecular complexity index is 813. The third-order valence-corrected chi connectivity index (χ3v) is 5.17. The molecule has 0 radical (unpaired) electrons. The second-order valence-electron chi connectivity index (χ2n) is 5.23. The molecule has 5 nitrogen and oxygen atoms in total. The Morgan fingerprint density at radius 2 is 2.08 bits per heavy atom. The number of carbonyl (C=O) groups excluding carboxylic acids is 1. The highest BCUT2D eigenvalue weighted by molar-refractivity contribution is 8.15. The minimum Gasteiger partial charge on any atom is -0.303 e. The van der Waals surface area contributed by atoms with E-state index in [9.17, 15) is 13.6 Å². The Kier molecular flexibility index (Phi) is 6.35. The van der Waals surface area contributed by atoms with Crippen LogP contribution in [0.5, 0.6) is 0 Å². The van der Waals surface area contributed by atoms with Gasteiger partial charge in [-0.05, 0) is 36.2 Å². The van der Waals surface area contributed by atoms with Crippen molar-refractivity contribution in [1.82, 2.24) is 10.3 Å². The average Bonchev–Trinajstić information content (AvgIpc) is 2.97. The zero-order valence-corrected chi connectivity index (χ0v) is 15.0. The molecule has 1 aromatic heterocycles. The van der Waals surface area contributed by atoms with Crippen molar-refractivity contribution in [3.63, 3.8) is 0 Å². The maximum atomic E-state index is 12.3. The number of benzene rings is 1. The van der Waals surface area contributed by atoms with Crippen LogP contribution >= 0.6 is 23.5 Å². The molecule has 26 heavy (non-hydrogen) atoms. The van der Waals surface area contributed by atoms with Crippen LogP contribution in [0, 0.1) is 0 Å². The first-order chi connectivity index (χ1) is 12.6. The number of aromatic nitrogens is 1. The van der Waals surface area contributed by atoms with E-state index in [-0.39, 0.29) is 11.2 Å². The molecule has 1 fully saturated rings. The van der Waals surface area contributed by atoms with E-state index in [1.165, 1.54) is 18.0 Å². The molecule has 1 unspecified atom stereocenters. The molecule has 0 saturated carbocycles. The second-order valence-corrected chi connectivity index (χ2v) is 7.48. The van der Waals surface area contributed by atoms with Crippen molar-refractivity contribution in [2.45, 2.75) is 22.3 Å². The van der Waals surface area contributed by atoms with Gasteiger partial charge in [0.2, 0.25) is 5.91 Å². The maximum Gasteiger partial charge on any atom is 0.288 e. The van der Waals surface area contributed by atoms with Gasteiger partial charge in [-0.3, -0.25) is 9.78 Å². The molecule has 1 N–H and O–H groups in total. The van der Waals surface area contributed by atoms with Gasteiger partial charge < -0.3 is 5.32 Å². The van der Waals surface area contributed by atoms with Crippen LogP contribution < -0.4 is 5.32 Å². The monoisotopic (exact) mass is 392 g/mol. The smallest absolute Gasteiger partial charge is 0.288 e. The summed E-state index contributed by atoms with van der Waals surface area (Å²) in [6.45, 7) is 0. The first-order valence-corrected chi connectivity index (χ1v) is 9.39. The van der Waals surface area contributed by atoms with Crippen LogP contribution in [0.2, 0.25) is 0 Å². The van der Waals surface area contributed by atoms with Gasteiger partial charge in [-0.25, -0.2) is 0 Å². The van der Waals surface area contributed by atoms with Crippen LogP contribution in [0.15, 0.2) is 63.8 Å². The van der Waals surface area contributed by atoms with Gasteiger partial charge in [0, 0.05) is 11.1 Å². The minimum atomic E-state index is -2.44. The van der Waals surface area contributed by atoms with Crippen molar-refractivity contribution in [3.05, 3.63) is 59.9 Å². The SMILES string of the molecule is O=C1N/C(=N\N=Cc2ccccn2)SC1Cc1ccc(SC(F)F)cc1. The van der Waals surface area contributed by atoms with Gasteiger partial charge >= 0.3 is 0 Å². The Morgan fingerprint density at radius 3 is 2.77 bits per heavy atom. The summed E-state index contributed by atoms with van der Waals surface area (Å²) in [5.74, 6) is -2.59. The molecular formula is C17H14F2N4OS2. The lowest BCUT2D eigenvalue weighted by atomic mass is 10.1.